The van der Waals surface area contributed by atoms with Gasteiger partial charge < -0.3 is 4.74 Å². The first-order valence-electron chi connectivity index (χ1n) is 4.96. The lowest BCUT2D eigenvalue weighted by Crippen LogP contribution is -2.12. The van der Waals surface area contributed by atoms with Crippen LogP contribution in [0.25, 0.3) is 0 Å². The molecular formula is C10H19BrO. The maximum atomic E-state index is 5.64. The average molecular weight is 235 g/mol. The zero-order valence-electron chi connectivity index (χ0n) is 7.89. The van der Waals surface area contributed by atoms with E-state index in [0.29, 0.717) is 5.92 Å². The molecule has 1 rings (SSSR count). The zero-order chi connectivity index (χ0) is 8.81. The molecule has 1 fully saturated rings. The predicted octanol–water partition coefficient (Wildman–Crippen LogP) is 3.22. The molecule has 0 aromatic carbocycles. The van der Waals surface area contributed by atoms with Crippen molar-refractivity contribution in [3.63, 3.8) is 0 Å². The fraction of sp³-hybridized carbons (Fsp3) is 1.00. The first kappa shape index (κ1) is 10.5. The van der Waals surface area contributed by atoms with E-state index in [1.54, 1.807) is 0 Å². The van der Waals surface area contributed by atoms with Crippen LogP contribution in [0.5, 0.6) is 0 Å². The Morgan fingerprint density at radius 2 is 2.08 bits per heavy atom. The fourth-order valence-corrected chi connectivity index (χ4v) is 1.84. The maximum absolute atomic E-state index is 5.64. The van der Waals surface area contributed by atoms with Gasteiger partial charge in [0.05, 0.1) is 0 Å². The highest BCUT2D eigenvalue weighted by Gasteiger charge is 2.14. The monoisotopic (exact) mass is 234 g/mol. The molecule has 0 spiro atoms. The van der Waals surface area contributed by atoms with Crippen LogP contribution >= 0.6 is 15.9 Å². The summed E-state index contributed by atoms with van der Waals surface area (Å²) in [6.07, 6.45) is 5.62. The van der Waals surface area contributed by atoms with E-state index in [0.717, 1.165) is 24.5 Å². The van der Waals surface area contributed by atoms with E-state index in [1.165, 1.54) is 25.7 Å². The van der Waals surface area contributed by atoms with Crippen LogP contribution in [0.3, 0.4) is 0 Å². The second-order valence-electron chi connectivity index (χ2n) is 3.95. The summed E-state index contributed by atoms with van der Waals surface area (Å²) >= 11 is 3.45. The van der Waals surface area contributed by atoms with E-state index in [1.807, 2.05) is 0 Å². The molecule has 0 bridgehead atoms. The zero-order valence-corrected chi connectivity index (χ0v) is 9.48. The minimum Gasteiger partial charge on any atom is -0.381 e. The van der Waals surface area contributed by atoms with Gasteiger partial charge in [0.2, 0.25) is 0 Å². The third-order valence-electron chi connectivity index (χ3n) is 2.49. The fourth-order valence-electron chi connectivity index (χ4n) is 1.66. The largest absolute Gasteiger partial charge is 0.381 e. The van der Waals surface area contributed by atoms with Crippen LogP contribution in [-0.4, -0.2) is 18.5 Å². The Balaban J connectivity index is 1.94. The standard InChI is InChI=1S/C10H19BrO/c1-9(6-11)7-12-8-10-4-2-3-5-10/h9-10H,2-8H2,1H3. The Kier molecular flexibility index (Phi) is 5.24. The Morgan fingerprint density at radius 1 is 1.42 bits per heavy atom. The van der Waals surface area contributed by atoms with Crippen LogP contribution in [0, 0.1) is 11.8 Å². The molecule has 2 heteroatoms. The number of hydrogen-bond acceptors (Lipinski definition) is 1. The van der Waals surface area contributed by atoms with Crippen LogP contribution in [0.1, 0.15) is 32.6 Å². The van der Waals surface area contributed by atoms with Gasteiger partial charge >= 0.3 is 0 Å². The van der Waals surface area contributed by atoms with Crippen molar-refractivity contribution in [2.75, 3.05) is 18.5 Å². The molecule has 0 heterocycles. The highest BCUT2D eigenvalue weighted by atomic mass is 79.9. The summed E-state index contributed by atoms with van der Waals surface area (Å²) in [6.45, 7) is 4.13. The van der Waals surface area contributed by atoms with Gasteiger partial charge in [0.1, 0.15) is 0 Å². The summed E-state index contributed by atoms with van der Waals surface area (Å²) in [5.41, 5.74) is 0. The van der Waals surface area contributed by atoms with Gasteiger partial charge in [0, 0.05) is 18.5 Å². The predicted molar refractivity (Wildman–Crippen MR) is 55.7 cm³/mol. The van der Waals surface area contributed by atoms with Gasteiger partial charge in [-0.2, -0.15) is 0 Å². The lowest BCUT2D eigenvalue weighted by Gasteiger charge is -2.12. The highest BCUT2D eigenvalue weighted by Crippen LogP contribution is 2.24. The topological polar surface area (TPSA) is 9.23 Å². The van der Waals surface area contributed by atoms with Crippen LogP contribution in [0.4, 0.5) is 0 Å². The molecule has 0 aromatic rings. The number of halogens is 1. The van der Waals surface area contributed by atoms with Gasteiger partial charge in [-0.25, -0.2) is 0 Å². The second-order valence-corrected chi connectivity index (χ2v) is 4.59. The summed E-state index contributed by atoms with van der Waals surface area (Å²) in [6, 6.07) is 0. The molecule has 1 aliphatic rings. The van der Waals surface area contributed by atoms with E-state index < -0.39 is 0 Å². The summed E-state index contributed by atoms with van der Waals surface area (Å²) < 4.78 is 5.64. The minimum absolute atomic E-state index is 0.659. The van der Waals surface area contributed by atoms with Crippen molar-refractivity contribution in [2.24, 2.45) is 11.8 Å². The number of alkyl halides is 1. The number of rotatable bonds is 5. The average Bonchev–Trinajstić information content (AvgIpc) is 2.57. The van der Waals surface area contributed by atoms with Crippen molar-refractivity contribution in [1.29, 1.82) is 0 Å². The first-order valence-corrected chi connectivity index (χ1v) is 6.08. The maximum Gasteiger partial charge on any atom is 0.0499 e. The van der Waals surface area contributed by atoms with Gasteiger partial charge in [-0.05, 0) is 24.7 Å². The van der Waals surface area contributed by atoms with Crippen LogP contribution in [-0.2, 0) is 4.74 Å². The van der Waals surface area contributed by atoms with E-state index in [4.69, 9.17) is 4.74 Å². The van der Waals surface area contributed by atoms with E-state index in [-0.39, 0.29) is 0 Å². The molecule has 0 aromatic heterocycles. The van der Waals surface area contributed by atoms with Crippen LogP contribution in [0.15, 0.2) is 0 Å². The third-order valence-corrected chi connectivity index (χ3v) is 3.60. The highest BCUT2D eigenvalue weighted by molar-refractivity contribution is 9.09. The number of hydrogen-bond donors (Lipinski definition) is 0. The van der Waals surface area contributed by atoms with Crippen molar-refractivity contribution in [2.45, 2.75) is 32.6 Å². The van der Waals surface area contributed by atoms with Crippen molar-refractivity contribution < 1.29 is 4.74 Å². The second kappa shape index (κ2) is 5.98. The molecule has 1 atom stereocenters. The Labute approximate surface area is 84.0 Å². The molecule has 1 aliphatic carbocycles. The lowest BCUT2D eigenvalue weighted by molar-refractivity contribution is 0.0825. The van der Waals surface area contributed by atoms with Gasteiger partial charge in [0.25, 0.3) is 0 Å². The molecule has 0 saturated heterocycles. The normalized spacial score (nSPS) is 21.5. The van der Waals surface area contributed by atoms with E-state index in [2.05, 4.69) is 22.9 Å². The Morgan fingerprint density at radius 3 is 2.67 bits per heavy atom. The molecule has 72 valence electrons. The van der Waals surface area contributed by atoms with Gasteiger partial charge in [0.15, 0.2) is 0 Å². The molecule has 0 N–H and O–H groups in total. The molecule has 0 aliphatic heterocycles. The van der Waals surface area contributed by atoms with Gasteiger partial charge in [-0.1, -0.05) is 35.7 Å². The summed E-state index contributed by atoms with van der Waals surface area (Å²) in [4.78, 5) is 0. The van der Waals surface area contributed by atoms with Crippen molar-refractivity contribution >= 4 is 15.9 Å². The molecule has 0 radical (unpaired) electrons. The Bertz CT molecular complexity index is 110. The molecule has 1 unspecified atom stereocenters. The third kappa shape index (κ3) is 3.90. The molecule has 12 heavy (non-hydrogen) atoms. The smallest absolute Gasteiger partial charge is 0.0499 e. The van der Waals surface area contributed by atoms with Gasteiger partial charge in [-0.3, -0.25) is 0 Å². The molecule has 1 nitrogen and oxygen atoms in total. The summed E-state index contributed by atoms with van der Waals surface area (Å²) in [7, 11) is 0. The van der Waals surface area contributed by atoms with E-state index in [9.17, 15) is 0 Å². The lowest BCUT2D eigenvalue weighted by atomic mass is 10.1. The number of ether oxygens (including phenoxy) is 1. The Hall–Kier alpha value is 0.440. The quantitative estimate of drug-likeness (QED) is 0.665. The van der Waals surface area contributed by atoms with E-state index >= 15 is 0 Å². The van der Waals surface area contributed by atoms with Crippen molar-refractivity contribution in [1.82, 2.24) is 0 Å². The first-order chi connectivity index (χ1) is 5.83. The minimum atomic E-state index is 0.659. The molecule has 1 saturated carbocycles. The van der Waals surface area contributed by atoms with Crippen LogP contribution < -0.4 is 0 Å². The van der Waals surface area contributed by atoms with Crippen LogP contribution in [0.2, 0.25) is 0 Å². The SMILES string of the molecule is CC(CBr)COCC1CCCC1. The summed E-state index contributed by atoms with van der Waals surface area (Å²) in [5, 5.41) is 1.05. The van der Waals surface area contributed by atoms with Crippen molar-refractivity contribution in [3.8, 4) is 0 Å². The van der Waals surface area contributed by atoms with Gasteiger partial charge in [-0.15, -0.1) is 0 Å². The molecule has 0 amide bonds. The summed E-state index contributed by atoms with van der Waals surface area (Å²) in [5.74, 6) is 1.53. The molecular weight excluding hydrogens is 216 g/mol. The van der Waals surface area contributed by atoms with Crippen molar-refractivity contribution in [3.05, 3.63) is 0 Å².